The summed E-state index contributed by atoms with van der Waals surface area (Å²) in [4.78, 5) is 12.7. The first-order chi connectivity index (χ1) is 14.9. The van der Waals surface area contributed by atoms with Crippen LogP contribution < -0.4 is 14.8 Å². The van der Waals surface area contributed by atoms with Gasteiger partial charge in [-0.05, 0) is 62.7 Å². The number of aromatic nitrogens is 4. The largest absolute Gasteiger partial charge is 0.493 e. The molecule has 2 heterocycles. The van der Waals surface area contributed by atoms with Crippen molar-refractivity contribution in [2.24, 2.45) is 0 Å². The second kappa shape index (κ2) is 8.43. The molecule has 0 spiro atoms. The highest BCUT2D eigenvalue weighted by Gasteiger charge is 2.17. The van der Waals surface area contributed by atoms with Crippen molar-refractivity contribution in [3.63, 3.8) is 0 Å². The summed E-state index contributed by atoms with van der Waals surface area (Å²) in [5.41, 5.74) is 3.99. The lowest BCUT2D eigenvalue weighted by atomic mass is 10.1. The lowest BCUT2D eigenvalue weighted by molar-refractivity contribution is -0.122. The summed E-state index contributed by atoms with van der Waals surface area (Å²) in [5.74, 6) is 1.55. The summed E-state index contributed by atoms with van der Waals surface area (Å²) in [6.07, 6.45) is -0.714. The zero-order valence-electron chi connectivity index (χ0n) is 17.8. The first kappa shape index (κ1) is 20.3. The quantitative estimate of drug-likeness (QED) is 0.513. The maximum absolute atomic E-state index is 12.7. The lowest BCUT2D eigenvalue weighted by Gasteiger charge is -2.17. The smallest absolute Gasteiger partial charge is 0.265 e. The average molecular weight is 417 g/mol. The van der Waals surface area contributed by atoms with E-state index in [1.165, 1.54) is 0 Å². The number of ether oxygens (including phenoxy) is 2. The predicted molar refractivity (Wildman–Crippen MR) is 117 cm³/mol. The van der Waals surface area contributed by atoms with Gasteiger partial charge in [-0.2, -0.15) is 9.61 Å². The molecule has 8 nitrogen and oxygen atoms in total. The van der Waals surface area contributed by atoms with Crippen LogP contribution in [0.1, 0.15) is 18.3 Å². The Morgan fingerprint density at radius 1 is 1.03 bits per heavy atom. The van der Waals surface area contributed by atoms with Gasteiger partial charge in [-0.1, -0.05) is 18.2 Å². The van der Waals surface area contributed by atoms with E-state index in [0.29, 0.717) is 28.7 Å². The molecule has 0 saturated carbocycles. The minimum atomic E-state index is -0.714. The number of hydrogen-bond donors (Lipinski definition) is 1. The minimum absolute atomic E-state index is 0.266. The Balaban J connectivity index is 1.50. The maximum atomic E-state index is 12.7. The third kappa shape index (κ3) is 4.32. The van der Waals surface area contributed by atoms with Crippen LogP contribution in [0.2, 0.25) is 0 Å². The highest BCUT2D eigenvalue weighted by Crippen LogP contribution is 2.29. The molecule has 0 aliphatic carbocycles. The standard InChI is InChI=1S/C23H23N5O3/c1-14-8-10-20(21(12-14)30-4)31-15(2)23(29)24-18-7-5-6-17(13-18)19-9-11-22-26-25-16(3)28(22)27-19/h5-13,15H,1-4H3,(H,24,29). The van der Waals surface area contributed by atoms with Crippen molar-refractivity contribution in [2.75, 3.05) is 12.4 Å². The number of benzene rings is 2. The summed E-state index contributed by atoms with van der Waals surface area (Å²) < 4.78 is 12.9. The van der Waals surface area contributed by atoms with Gasteiger partial charge in [-0.25, -0.2) is 0 Å². The fourth-order valence-corrected chi connectivity index (χ4v) is 3.17. The van der Waals surface area contributed by atoms with E-state index >= 15 is 0 Å². The number of fused-ring (bicyclic) bond motifs is 1. The van der Waals surface area contributed by atoms with Gasteiger partial charge in [0.1, 0.15) is 0 Å². The van der Waals surface area contributed by atoms with Crippen LogP contribution in [0.15, 0.2) is 54.6 Å². The van der Waals surface area contributed by atoms with Crippen molar-refractivity contribution in [3.05, 3.63) is 66.0 Å². The van der Waals surface area contributed by atoms with Crippen LogP contribution in [0, 0.1) is 13.8 Å². The molecule has 1 N–H and O–H groups in total. The summed E-state index contributed by atoms with van der Waals surface area (Å²) in [6, 6.07) is 16.8. The number of hydrogen-bond acceptors (Lipinski definition) is 6. The number of anilines is 1. The second-order valence-electron chi connectivity index (χ2n) is 7.22. The molecule has 2 aromatic heterocycles. The number of carbonyl (C=O) groups excluding carboxylic acids is 1. The SMILES string of the molecule is COc1cc(C)ccc1OC(C)C(=O)Nc1cccc(-c2ccc3nnc(C)n3n2)c1. The molecule has 0 bridgehead atoms. The molecule has 1 amide bonds. The Labute approximate surface area is 179 Å². The second-order valence-corrected chi connectivity index (χ2v) is 7.22. The third-order valence-corrected chi connectivity index (χ3v) is 4.84. The molecule has 0 fully saturated rings. The van der Waals surface area contributed by atoms with Crippen LogP contribution >= 0.6 is 0 Å². The van der Waals surface area contributed by atoms with Gasteiger partial charge in [0.25, 0.3) is 5.91 Å². The summed E-state index contributed by atoms with van der Waals surface area (Å²) in [5, 5.41) is 15.6. The van der Waals surface area contributed by atoms with Crippen LogP contribution in [-0.2, 0) is 4.79 Å². The Bertz CT molecular complexity index is 1250. The molecular formula is C23H23N5O3. The predicted octanol–water partition coefficient (Wildman–Crippen LogP) is 3.82. The van der Waals surface area contributed by atoms with Crippen molar-refractivity contribution in [3.8, 4) is 22.8 Å². The van der Waals surface area contributed by atoms with E-state index in [2.05, 4.69) is 20.6 Å². The molecule has 4 rings (SSSR count). The van der Waals surface area contributed by atoms with Crippen LogP contribution in [-0.4, -0.2) is 38.9 Å². The van der Waals surface area contributed by atoms with Gasteiger partial charge in [0.15, 0.2) is 29.1 Å². The molecule has 158 valence electrons. The fourth-order valence-electron chi connectivity index (χ4n) is 3.17. The van der Waals surface area contributed by atoms with Crippen molar-refractivity contribution in [2.45, 2.75) is 26.9 Å². The first-order valence-corrected chi connectivity index (χ1v) is 9.86. The number of amides is 1. The van der Waals surface area contributed by atoms with Crippen LogP contribution in [0.3, 0.4) is 0 Å². The van der Waals surface area contributed by atoms with E-state index in [1.807, 2.05) is 62.4 Å². The molecule has 2 aromatic carbocycles. The fraction of sp³-hybridized carbons (Fsp3) is 0.217. The summed E-state index contributed by atoms with van der Waals surface area (Å²) in [6.45, 7) is 5.51. The number of methoxy groups -OCH3 is 1. The lowest BCUT2D eigenvalue weighted by Crippen LogP contribution is -2.30. The Morgan fingerprint density at radius 2 is 1.87 bits per heavy atom. The number of nitrogens with zero attached hydrogens (tertiary/aromatic N) is 4. The van der Waals surface area contributed by atoms with Crippen molar-refractivity contribution >= 4 is 17.2 Å². The molecule has 4 aromatic rings. The minimum Gasteiger partial charge on any atom is -0.493 e. The van der Waals surface area contributed by atoms with Crippen LogP contribution in [0.25, 0.3) is 16.9 Å². The third-order valence-electron chi connectivity index (χ3n) is 4.84. The van der Waals surface area contributed by atoms with Gasteiger partial charge in [0, 0.05) is 11.3 Å². The Hall–Kier alpha value is -3.94. The number of rotatable bonds is 6. The van der Waals surface area contributed by atoms with E-state index in [9.17, 15) is 4.79 Å². The number of aryl methyl sites for hydroxylation is 2. The molecule has 0 saturated heterocycles. The summed E-state index contributed by atoms with van der Waals surface area (Å²) >= 11 is 0. The van der Waals surface area contributed by atoms with Crippen molar-refractivity contribution in [1.29, 1.82) is 0 Å². The van der Waals surface area contributed by atoms with E-state index in [0.717, 1.165) is 16.8 Å². The van der Waals surface area contributed by atoms with Gasteiger partial charge in [-0.15, -0.1) is 10.2 Å². The topological polar surface area (TPSA) is 90.6 Å². The number of carbonyl (C=O) groups is 1. The highest BCUT2D eigenvalue weighted by molar-refractivity contribution is 5.94. The monoisotopic (exact) mass is 417 g/mol. The van der Waals surface area contributed by atoms with E-state index in [4.69, 9.17) is 9.47 Å². The molecule has 0 aliphatic rings. The molecule has 31 heavy (non-hydrogen) atoms. The van der Waals surface area contributed by atoms with Gasteiger partial charge >= 0.3 is 0 Å². The normalized spacial score (nSPS) is 11.9. The van der Waals surface area contributed by atoms with Crippen LogP contribution in [0.4, 0.5) is 5.69 Å². The first-order valence-electron chi connectivity index (χ1n) is 9.86. The molecule has 0 aliphatic heterocycles. The average Bonchev–Trinajstić information content (AvgIpc) is 3.15. The number of nitrogens with one attached hydrogen (secondary N) is 1. The molecule has 1 atom stereocenters. The van der Waals surface area contributed by atoms with Gasteiger partial charge in [-0.3, -0.25) is 4.79 Å². The zero-order chi connectivity index (χ0) is 22.0. The van der Waals surface area contributed by atoms with Crippen molar-refractivity contribution < 1.29 is 14.3 Å². The van der Waals surface area contributed by atoms with E-state index < -0.39 is 6.10 Å². The van der Waals surface area contributed by atoms with Gasteiger partial charge in [0.2, 0.25) is 0 Å². The van der Waals surface area contributed by atoms with Gasteiger partial charge < -0.3 is 14.8 Å². The molecular weight excluding hydrogens is 394 g/mol. The van der Waals surface area contributed by atoms with Crippen molar-refractivity contribution in [1.82, 2.24) is 19.8 Å². The molecule has 0 radical (unpaired) electrons. The zero-order valence-corrected chi connectivity index (χ0v) is 17.8. The van der Waals surface area contributed by atoms with E-state index in [1.54, 1.807) is 24.6 Å². The van der Waals surface area contributed by atoms with Gasteiger partial charge in [0.05, 0.1) is 12.8 Å². The molecule has 8 heteroatoms. The maximum Gasteiger partial charge on any atom is 0.265 e. The summed E-state index contributed by atoms with van der Waals surface area (Å²) in [7, 11) is 1.57. The molecule has 1 unspecified atom stereocenters. The van der Waals surface area contributed by atoms with Crippen LogP contribution in [0.5, 0.6) is 11.5 Å². The Kier molecular flexibility index (Phi) is 5.53. The highest BCUT2D eigenvalue weighted by atomic mass is 16.5. The van der Waals surface area contributed by atoms with E-state index in [-0.39, 0.29) is 5.91 Å². The Morgan fingerprint density at radius 3 is 2.68 bits per heavy atom.